The molecule has 0 amide bonds. The number of hydrogen-bond acceptors (Lipinski definition) is 1. The van der Waals surface area contributed by atoms with Gasteiger partial charge in [0.05, 0.1) is 5.02 Å². The van der Waals surface area contributed by atoms with Gasteiger partial charge in [0.25, 0.3) is 0 Å². The summed E-state index contributed by atoms with van der Waals surface area (Å²) < 4.78 is 13.0. The summed E-state index contributed by atoms with van der Waals surface area (Å²) in [6.45, 7) is 1.69. The molecule has 1 aromatic carbocycles. The van der Waals surface area contributed by atoms with Crippen LogP contribution in [0.4, 0.5) is 4.39 Å². The fourth-order valence-electron chi connectivity index (χ4n) is 1.01. The maximum absolute atomic E-state index is 13.0. The van der Waals surface area contributed by atoms with Crippen molar-refractivity contribution in [1.82, 2.24) is 0 Å². The second kappa shape index (κ2) is 4.27. The lowest BCUT2D eigenvalue weighted by molar-refractivity contribution is 0.273. The zero-order valence-corrected chi connectivity index (χ0v) is 8.53. The number of benzene rings is 1. The van der Waals surface area contributed by atoms with Crippen LogP contribution in [0.3, 0.4) is 0 Å². The first-order chi connectivity index (χ1) is 6.06. The van der Waals surface area contributed by atoms with Gasteiger partial charge >= 0.3 is 0 Å². The summed E-state index contributed by atoms with van der Waals surface area (Å²) in [6.07, 6.45) is 0. The molecular formula is C9H9Cl2FO. The van der Waals surface area contributed by atoms with Crippen LogP contribution in [0.25, 0.3) is 0 Å². The maximum Gasteiger partial charge on any atom is 0.142 e. The van der Waals surface area contributed by atoms with E-state index in [2.05, 4.69) is 0 Å². The molecule has 1 rings (SSSR count). The first-order valence-electron chi connectivity index (χ1n) is 3.81. The highest BCUT2D eigenvalue weighted by molar-refractivity contribution is 6.35. The summed E-state index contributed by atoms with van der Waals surface area (Å²) in [5.74, 6) is -0.694. The van der Waals surface area contributed by atoms with Crippen molar-refractivity contribution in [3.8, 4) is 0 Å². The van der Waals surface area contributed by atoms with Gasteiger partial charge < -0.3 is 5.11 Å². The smallest absolute Gasteiger partial charge is 0.142 e. The van der Waals surface area contributed by atoms with Gasteiger partial charge in [0.1, 0.15) is 5.82 Å². The first kappa shape index (κ1) is 10.8. The molecule has 1 unspecified atom stereocenters. The summed E-state index contributed by atoms with van der Waals surface area (Å²) in [5.41, 5.74) is 0.575. The highest BCUT2D eigenvalue weighted by Gasteiger charge is 2.12. The predicted molar refractivity (Wildman–Crippen MR) is 51.9 cm³/mol. The van der Waals surface area contributed by atoms with Crippen molar-refractivity contribution < 1.29 is 9.50 Å². The molecule has 0 saturated heterocycles. The molecule has 0 spiro atoms. The topological polar surface area (TPSA) is 20.2 Å². The van der Waals surface area contributed by atoms with E-state index in [4.69, 9.17) is 28.3 Å². The zero-order chi connectivity index (χ0) is 10.0. The number of halogens is 3. The molecular weight excluding hydrogens is 214 g/mol. The predicted octanol–water partition coefficient (Wildman–Crippen LogP) is 3.23. The van der Waals surface area contributed by atoms with Crippen LogP contribution in [0.5, 0.6) is 0 Å². The molecule has 0 fully saturated rings. The van der Waals surface area contributed by atoms with Crippen LogP contribution < -0.4 is 0 Å². The number of aliphatic hydroxyl groups excluding tert-OH is 1. The molecule has 0 radical (unpaired) electrons. The van der Waals surface area contributed by atoms with E-state index >= 15 is 0 Å². The lowest BCUT2D eigenvalue weighted by Crippen LogP contribution is -2.00. The molecule has 13 heavy (non-hydrogen) atoms. The highest BCUT2D eigenvalue weighted by atomic mass is 35.5. The van der Waals surface area contributed by atoms with E-state index in [0.717, 1.165) is 0 Å². The number of aliphatic hydroxyl groups is 1. The Bertz CT molecular complexity index is 315. The molecule has 0 aliphatic rings. The third-order valence-electron chi connectivity index (χ3n) is 1.84. The minimum Gasteiger partial charge on any atom is -0.396 e. The Balaban J connectivity index is 3.15. The second-order valence-corrected chi connectivity index (χ2v) is 3.69. The van der Waals surface area contributed by atoms with Crippen LogP contribution in [0.1, 0.15) is 18.4 Å². The number of rotatable bonds is 2. The van der Waals surface area contributed by atoms with Crippen LogP contribution in [-0.4, -0.2) is 11.7 Å². The van der Waals surface area contributed by atoms with E-state index in [-0.39, 0.29) is 17.5 Å². The summed E-state index contributed by atoms with van der Waals surface area (Å²) in [7, 11) is 0. The van der Waals surface area contributed by atoms with Crippen LogP contribution >= 0.6 is 23.2 Å². The summed E-state index contributed by atoms with van der Waals surface area (Å²) in [4.78, 5) is 0. The van der Waals surface area contributed by atoms with Gasteiger partial charge in [-0.05, 0) is 17.7 Å². The lowest BCUT2D eigenvalue weighted by Gasteiger charge is -2.10. The van der Waals surface area contributed by atoms with Gasteiger partial charge in [-0.15, -0.1) is 0 Å². The SMILES string of the molecule is CC(CO)c1cc(F)c(Cl)cc1Cl. The van der Waals surface area contributed by atoms with Crippen molar-refractivity contribution in [3.05, 3.63) is 33.6 Å². The minimum absolute atomic E-state index is 0.00103. The van der Waals surface area contributed by atoms with Crippen molar-refractivity contribution >= 4 is 23.2 Å². The fourth-order valence-corrected chi connectivity index (χ4v) is 1.58. The minimum atomic E-state index is -0.513. The first-order valence-corrected chi connectivity index (χ1v) is 4.57. The highest BCUT2D eigenvalue weighted by Crippen LogP contribution is 2.29. The van der Waals surface area contributed by atoms with E-state index in [1.165, 1.54) is 12.1 Å². The van der Waals surface area contributed by atoms with Gasteiger partial charge in [-0.1, -0.05) is 30.1 Å². The largest absolute Gasteiger partial charge is 0.396 e. The average molecular weight is 223 g/mol. The third-order valence-corrected chi connectivity index (χ3v) is 2.46. The van der Waals surface area contributed by atoms with E-state index in [0.29, 0.717) is 10.6 Å². The van der Waals surface area contributed by atoms with Gasteiger partial charge in [-0.2, -0.15) is 0 Å². The van der Waals surface area contributed by atoms with E-state index < -0.39 is 5.82 Å². The zero-order valence-electron chi connectivity index (χ0n) is 7.02. The summed E-state index contributed by atoms with van der Waals surface area (Å²) in [6, 6.07) is 2.60. The van der Waals surface area contributed by atoms with E-state index in [1.807, 2.05) is 0 Å². The lowest BCUT2D eigenvalue weighted by atomic mass is 10.0. The quantitative estimate of drug-likeness (QED) is 0.763. The Kier molecular flexibility index (Phi) is 3.54. The third kappa shape index (κ3) is 2.33. The molecule has 0 saturated carbocycles. The molecule has 1 N–H and O–H groups in total. The monoisotopic (exact) mass is 222 g/mol. The Morgan fingerprint density at radius 2 is 2.00 bits per heavy atom. The van der Waals surface area contributed by atoms with Gasteiger partial charge in [0.15, 0.2) is 0 Å². The van der Waals surface area contributed by atoms with Crippen LogP contribution in [0.2, 0.25) is 10.0 Å². The molecule has 1 aromatic rings. The van der Waals surface area contributed by atoms with Gasteiger partial charge in [0.2, 0.25) is 0 Å². The average Bonchev–Trinajstić information content (AvgIpc) is 2.10. The van der Waals surface area contributed by atoms with Crippen LogP contribution in [-0.2, 0) is 0 Å². The molecule has 0 bridgehead atoms. The van der Waals surface area contributed by atoms with Gasteiger partial charge in [-0.3, -0.25) is 0 Å². The Morgan fingerprint density at radius 3 is 2.54 bits per heavy atom. The standard InChI is InChI=1S/C9H9Cl2FO/c1-5(4-13)6-2-9(12)8(11)3-7(6)10/h2-3,5,13H,4H2,1H3. The fraction of sp³-hybridized carbons (Fsp3) is 0.333. The Morgan fingerprint density at radius 1 is 1.38 bits per heavy atom. The second-order valence-electron chi connectivity index (χ2n) is 2.87. The van der Waals surface area contributed by atoms with Gasteiger partial charge in [0, 0.05) is 17.5 Å². The molecule has 0 aromatic heterocycles. The molecule has 1 nitrogen and oxygen atoms in total. The number of hydrogen-bond donors (Lipinski definition) is 1. The Hall–Kier alpha value is -0.310. The molecule has 1 atom stereocenters. The van der Waals surface area contributed by atoms with Crippen molar-refractivity contribution in [2.75, 3.05) is 6.61 Å². The summed E-state index contributed by atoms with van der Waals surface area (Å²) >= 11 is 11.3. The Labute approximate surface area is 86.1 Å². The van der Waals surface area contributed by atoms with Crippen molar-refractivity contribution in [2.45, 2.75) is 12.8 Å². The van der Waals surface area contributed by atoms with Crippen molar-refractivity contribution in [1.29, 1.82) is 0 Å². The summed E-state index contributed by atoms with van der Waals surface area (Å²) in [5, 5.41) is 9.24. The van der Waals surface area contributed by atoms with Crippen LogP contribution in [0, 0.1) is 5.82 Å². The molecule has 4 heteroatoms. The molecule has 0 heterocycles. The van der Waals surface area contributed by atoms with Crippen molar-refractivity contribution in [2.24, 2.45) is 0 Å². The molecule has 72 valence electrons. The van der Waals surface area contributed by atoms with E-state index in [9.17, 15) is 4.39 Å². The van der Waals surface area contributed by atoms with Gasteiger partial charge in [-0.25, -0.2) is 4.39 Å². The molecule has 0 aliphatic heterocycles. The van der Waals surface area contributed by atoms with Crippen LogP contribution in [0.15, 0.2) is 12.1 Å². The van der Waals surface area contributed by atoms with Crippen molar-refractivity contribution in [3.63, 3.8) is 0 Å². The maximum atomic E-state index is 13.0. The molecule has 0 aliphatic carbocycles. The van der Waals surface area contributed by atoms with E-state index in [1.54, 1.807) is 6.92 Å². The normalized spacial score (nSPS) is 13.0.